The van der Waals surface area contributed by atoms with Gasteiger partial charge in [-0.1, -0.05) is 31.0 Å². The van der Waals surface area contributed by atoms with Crippen molar-refractivity contribution in [2.75, 3.05) is 18.4 Å². The van der Waals surface area contributed by atoms with Crippen molar-refractivity contribution >= 4 is 23.6 Å². The van der Waals surface area contributed by atoms with E-state index in [2.05, 4.69) is 5.32 Å². The van der Waals surface area contributed by atoms with Gasteiger partial charge in [-0.2, -0.15) is 13.2 Å². The van der Waals surface area contributed by atoms with Gasteiger partial charge in [0.15, 0.2) is 0 Å². The molecule has 1 saturated heterocycles. The molecule has 11 heteroatoms. The summed E-state index contributed by atoms with van der Waals surface area (Å²) in [5.74, 6) is -1.79. The molecule has 2 aromatic carbocycles. The molecular weight excluding hydrogens is 530 g/mol. The Morgan fingerprint density at radius 3 is 2.52 bits per heavy atom. The molecule has 0 radical (unpaired) electrons. The second-order valence-electron chi connectivity index (χ2n) is 10.9. The SMILES string of the molecule is C[C@H](N(Cc1ccc(F)cc1)C(=O)CN1C(=O)O[C@@]2(CCc3cc(NCC4CCCC4)ccc32)C1=O)C(F)(F)F. The van der Waals surface area contributed by atoms with Crippen LogP contribution in [0.15, 0.2) is 42.5 Å². The number of rotatable bonds is 8. The van der Waals surface area contributed by atoms with E-state index in [9.17, 15) is 31.9 Å². The van der Waals surface area contributed by atoms with E-state index in [4.69, 9.17) is 4.74 Å². The number of carbonyl (C=O) groups excluding carboxylic acids is 3. The van der Waals surface area contributed by atoms with E-state index in [0.29, 0.717) is 27.7 Å². The quantitative estimate of drug-likeness (QED) is 0.429. The topological polar surface area (TPSA) is 79.0 Å². The first-order valence-electron chi connectivity index (χ1n) is 13.5. The van der Waals surface area contributed by atoms with Crippen LogP contribution in [0.5, 0.6) is 0 Å². The molecule has 2 aliphatic carbocycles. The average molecular weight is 562 g/mol. The van der Waals surface area contributed by atoms with Crippen LogP contribution in [0.3, 0.4) is 0 Å². The summed E-state index contributed by atoms with van der Waals surface area (Å²) in [5.41, 5.74) is 0.936. The summed E-state index contributed by atoms with van der Waals surface area (Å²) in [7, 11) is 0. The molecular formula is C29H31F4N3O4. The fraction of sp³-hybridized carbons (Fsp3) is 0.483. The Balaban J connectivity index is 1.32. The lowest BCUT2D eigenvalue weighted by Gasteiger charge is -2.31. The maximum Gasteiger partial charge on any atom is 0.418 e. The molecule has 7 nitrogen and oxygen atoms in total. The van der Waals surface area contributed by atoms with Gasteiger partial charge in [0, 0.05) is 30.8 Å². The number of imide groups is 1. The molecule has 1 N–H and O–H groups in total. The monoisotopic (exact) mass is 561 g/mol. The first-order chi connectivity index (χ1) is 19.0. The molecule has 1 spiro atoms. The van der Waals surface area contributed by atoms with Gasteiger partial charge in [-0.05, 0) is 67.5 Å². The molecule has 3 aliphatic rings. The van der Waals surface area contributed by atoms with Gasteiger partial charge in [0.25, 0.3) is 5.91 Å². The van der Waals surface area contributed by atoms with Gasteiger partial charge in [-0.25, -0.2) is 14.1 Å². The highest BCUT2D eigenvalue weighted by molar-refractivity contribution is 6.06. The van der Waals surface area contributed by atoms with Gasteiger partial charge in [-0.15, -0.1) is 0 Å². The van der Waals surface area contributed by atoms with Crippen LogP contribution in [-0.2, 0) is 32.9 Å². The number of alkyl halides is 3. The molecule has 40 heavy (non-hydrogen) atoms. The molecule has 3 amide bonds. The van der Waals surface area contributed by atoms with E-state index in [1.165, 1.54) is 37.8 Å². The lowest BCUT2D eigenvalue weighted by molar-refractivity contribution is -0.187. The van der Waals surface area contributed by atoms with Crippen molar-refractivity contribution in [3.63, 3.8) is 0 Å². The van der Waals surface area contributed by atoms with Crippen molar-refractivity contribution in [1.29, 1.82) is 0 Å². The zero-order valence-electron chi connectivity index (χ0n) is 22.1. The summed E-state index contributed by atoms with van der Waals surface area (Å²) in [6.07, 6.45) is -0.309. The highest BCUT2D eigenvalue weighted by atomic mass is 19.4. The van der Waals surface area contributed by atoms with Crippen LogP contribution in [0, 0.1) is 11.7 Å². The third-order valence-corrected chi connectivity index (χ3v) is 8.25. The third kappa shape index (κ3) is 5.38. The molecule has 2 aromatic rings. The molecule has 0 aromatic heterocycles. The summed E-state index contributed by atoms with van der Waals surface area (Å²) < 4.78 is 59.8. The van der Waals surface area contributed by atoms with E-state index in [1.807, 2.05) is 12.1 Å². The van der Waals surface area contributed by atoms with Crippen molar-refractivity contribution < 1.29 is 36.7 Å². The van der Waals surface area contributed by atoms with Gasteiger partial charge in [0.1, 0.15) is 18.4 Å². The minimum absolute atomic E-state index is 0.182. The summed E-state index contributed by atoms with van der Waals surface area (Å²) in [5, 5.41) is 3.44. The highest BCUT2D eigenvalue weighted by Gasteiger charge is 2.58. The van der Waals surface area contributed by atoms with Crippen molar-refractivity contribution in [3.05, 3.63) is 65.0 Å². The molecule has 1 heterocycles. The first kappa shape index (κ1) is 27.9. The number of nitrogens with zero attached hydrogens (tertiary/aromatic N) is 2. The van der Waals surface area contributed by atoms with Gasteiger partial charge in [0.2, 0.25) is 11.5 Å². The molecule has 0 bridgehead atoms. The number of hydrogen-bond donors (Lipinski definition) is 1. The first-order valence-corrected chi connectivity index (χ1v) is 13.5. The zero-order valence-corrected chi connectivity index (χ0v) is 22.1. The van der Waals surface area contributed by atoms with E-state index < -0.39 is 54.6 Å². The van der Waals surface area contributed by atoms with Crippen molar-refractivity contribution in [2.45, 2.75) is 69.8 Å². The highest BCUT2D eigenvalue weighted by Crippen LogP contribution is 2.46. The summed E-state index contributed by atoms with van der Waals surface area (Å²) >= 11 is 0. The van der Waals surface area contributed by atoms with Crippen LogP contribution in [0.1, 0.15) is 55.7 Å². The molecule has 1 aliphatic heterocycles. The number of halogens is 4. The number of hydrogen-bond acceptors (Lipinski definition) is 5. The standard InChI is InChI=1S/C29H31F4N3O4/c1-18(29(31,32)33)35(16-20-6-8-22(30)9-7-20)25(37)17-36-26(38)28(40-27(36)39)13-12-21-14-23(10-11-24(21)28)34-15-19-4-2-3-5-19/h6-11,14,18-19,34H,2-5,12-13,15-17H2,1H3/t18-,28+/m0/s1. The fourth-order valence-electron chi connectivity index (χ4n) is 5.87. The lowest BCUT2D eigenvalue weighted by atomic mass is 9.94. The van der Waals surface area contributed by atoms with E-state index >= 15 is 0 Å². The minimum atomic E-state index is -4.76. The molecule has 0 unspecified atom stereocenters. The van der Waals surface area contributed by atoms with Crippen LogP contribution in [-0.4, -0.2) is 53.0 Å². The summed E-state index contributed by atoms with van der Waals surface area (Å²) in [6, 6.07) is 7.99. The second kappa shape index (κ2) is 10.7. The summed E-state index contributed by atoms with van der Waals surface area (Å²) in [6.45, 7) is 0.288. The number of carbonyl (C=O) groups is 3. The fourth-order valence-corrected chi connectivity index (χ4v) is 5.87. The largest absolute Gasteiger partial charge is 0.427 e. The van der Waals surface area contributed by atoms with Crippen LogP contribution in [0.25, 0.3) is 0 Å². The Morgan fingerprint density at radius 2 is 1.85 bits per heavy atom. The lowest BCUT2D eigenvalue weighted by Crippen LogP contribution is -2.51. The Labute approximate surface area is 229 Å². The Hall–Kier alpha value is -3.63. The predicted octanol–water partition coefficient (Wildman–Crippen LogP) is 5.53. The van der Waals surface area contributed by atoms with E-state index in [0.717, 1.165) is 36.9 Å². The van der Waals surface area contributed by atoms with Crippen molar-refractivity contribution in [2.24, 2.45) is 5.92 Å². The zero-order chi connectivity index (χ0) is 28.7. The van der Waals surface area contributed by atoms with Gasteiger partial charge in [0.05, 0.1) is 0 Å². The normalized spacial score (nSPS) is 21.6. The third-order valence-electron chi connectivity index (χ3n) is 8.25. The number of anilines is 1. The number of benzene rings is 2. The van der Waals surface area contributed by atoms with Crippen molar-refractivity contribution in [1.82, 2.24) is 9.80 Å². The van der Waals surface area contributed by atoms with Crippen LogP contribution in [0.4, 0.5) is 28.0 Å². The van der Waals surface area contributed by atoms with Gasteiger partial charge in [-0.3, -0.25) is 9.59 Å². The van der Waals surface area contributed by atoms with Crippen LogP contribution in [0.2, 0.25) is 0 Å². The molecule has 2 atom stereocenters. The van der Waals surface area contributed by atoms with E-state index in [-0.39, 0.29) is 12.0 Å². The smallest absolute Gasteiger partial charge is 0.418 e. The Morgan fingerprint density at radius 1 is 1.15 bits per heavy atom. The number of aryl methyl sites for hydroxylation is 1. The summed E-state index contributed by atoms with van der Waals surface area (Å²) in [4.78, 5) is 40.7. The Bertz CT molecular complexity index is 1290. The van der Waals surface area contributed by atoms with Crippen LogP contribution >= 0.6 is 0 Å². The average Bonchev–Trinajstić information content (AvgIpc) is 3.62. The molecule has 214 valence electrons. The Kier molecular flexibility index (Phi) is 7.50. The molecule has 1 saturated carbocycles. The maximum atomic E-state index is 13.6. The number of fused-ring (bicyclic) bond motifs is 2. The molecule has 5 rings (SSSR count). The predicted molar refractivity (Wildman–Crippen MR) is 138 cm³/mol. The van der Waals surface area contributed by atoms with Gasteiger partial charge < -0.3 is 15.0 Å². The number of nitrogens with one attached hydrogen (secondary N) is 1. The minimum Gasteiger partial charge on any atom is -0.427 e. The molecule has 2 fully saturated rings. The van der Waals surface area contributed by atoms with E-state index in [1.54, 1.807) is 6.07 Å². The second-order valence-corrected chi connectivity index (χ2v) is 10.9. The maximum absolute atomic E-state index is 13.6. The van der Waals surface area contributed by atoms with Crippen molar-refractivity contribution in [3.8, 4) is 0 Å². The van der Waals surface area contributed by atoms with Crippen LogP contribution < -0.4 is 5.32 Å². The number of amides is 3. The van der Waals surface area contributed by atoms with Gasteiger partial charge >= 0.3 is 12.3 Å². The number of ether oxygens (including phenoxy) is 1.